The Bertz CT molecular complexity index is 907. The minimum absolute atomic E-state index is 0.128. The summed E-state index contributed by atoms with van der Waals surface area (Å²) < 4.78 is 14.9. The molecule has 1 aliphatic carbocycles. The van der Waals surface area contributed by atoms with Gasteiger partial charge in [-0.05, 0) is 36.6 Å². The van der Waals surface area contributed by atoms with Crippen LogP contribution >= 0.6 is 11.6 Å². The summed E-state index contributed by atoms with van der Waals surface area (Å²) in [6, 6.07) is 6.12. The van der Waals surface area contributed by atoms with Crippen LogP contribution < -0.4 is 5.56 Å². The number of H-pyrrole nitrogens is 1. The number of hydrogen-bond acceptors (Lipinski definition) is 2. The molecule has 0 amide bonds. The van der Waals surface area contributed by atoms with Gasteiger partial charge in [0, 0.05) is 35.2 Å². The van der Waals surface area contributed by atoms with Crippen molar-refractivity contribution >= 4 is 17.2 Å². The second kappa shape index (κ2) is 4.95. The van der Waals surface area contributed by atoms with Gasteiger partial charge in [-0.3, -0.25) is 9.89 Å². The Morgan fingerprint density at radius 1 is 1.36 bits per heavy atom. The highest BCUT2D eigenvalue weighted by Crippen LogP contribution is 2.40. The molecule has 1 aromatic carbocycles. The first-order valence-corrected chi connectivity index (χ1v) is 7.53. The summed E-state index contributed by atoms with van der Waals surface area (Å²) in [5, 5.41) is 3.20. The average Bonchev–Trinajstić information content (AvgIpc) is 3.19. The largest absolute Gasteiger partial charge is 0.297 e. The third-order valence-electron chi connectivity index (χ3n) is 3.94. The third kappa shape index (κ3) is 2.31. The average molecular weight is 318 g/mol. The molecule has 0 atom stereocenters. The molecule has 1 N–H and O–H groups in total. The van der Waals surface area contributed by atoms with Crippen LogP contribution in [0.25, 0.3) is 5.65 Å². The van der Waals surface area contributed by atoms with Gasteiger partial charge < -0.3 is 0 Å². The Kier molecular flexibility index (Phi) is 3.04. The number of fused-ring (bicyclic) bond motifs is 1. The molecule has 112 valence electrons. The molecule has 0 unspecified atom stereocenters. The van der Waals surface area contributed by atoms with Crippen molar-refractivity contribution in [2.75, 3.05) is 0 Å². The van der Waals surface area contributed by atoms with Crippen molar-refractivity contribution in [3.05, 3.63) is 68.5 Å². The molecule has 1 aliphatic rings. The van der Waals surface area contributed by atoms with E-state index in [1.165, 1.54) is 16.6 Å². The lowest BCUT2D eigenvalue weighted by atomic mass is 10.0. The molecule has 2 heterocycles. The van der Waals surface area contributed by atoms with Gasteiger partial charge in [0.15, 0.2) is 5.65 Å². The Labute approximate surface area is 130 Å². The van der Waals surface area contributed by atoms with Crippen LogP contribution in [0, 0.1) is 5.82 Å². The minimum atomic E-state index is -0.399. The van der Waals surface area contributed by atoms with E-state index in [1.807, 2.05) is 0 Å². The number of rotatable bonds is 3. The molecule has 0 bridgehead atoms. The maximum absolute atomic E-state index is 13.5. The summed E-state index contributed by atoms with van der Waals surface area (Å²) in [4.78, 5) is 17.3. The maximum atomic E-state index is 13.5. The summed E-state index contributed by atoms with van der Waals surface area (Å²) in [6.45, 7) is 0. The Balaban J connectivity index is 1.87. The number of nitrogens with zero attached hydrogens (tertiary/aromatic N) is 2. The lowest BCUT2D eigenvalue weighted by Gasteiger charge is -2.09. The van der Waals surface area contributed by atoms with Crippen molar-refractivity contribution in [1.29, 1.82) is 0 Å². The van der Waals surface area contributed by atoms with Crippen molar-refractivity contribution in [2.24, 2.45) is 0 Å². The van der Waals surface area contributed by atoms with Gasteiger partial charge in [-0.2, -0.15) is 0 Å². The van der Waals surface area contributed by atoms with E-state index >= 15 is 0 Å². The molecule has 22 heavy (non-hydrogen) atoms. The molecule has 2 aromatic heterocycles. The second-order valence-corrected chi connectivity index (χ2v) is 6.10. The van der Waals surface area contributed by atoms with Crippen LogP contribution in [0.1, 0.15) is 35.6 Å². The van der Waals surface area contributed by atoms with E-state index < -0.39 is 5.82 Å². The highest BCUT2D eigenvalue weighted by atomic mass is 35.5. The van der Waals surface area contributed by atoms with Crippen LogP contribution in [0.2, 0.25) is 5.02 Å². The zero-order chi connectivity index (χ0) is 15.3. The van der Waals surface area contributed by atoms with Gasteiger partial charge in [0.25, 0.3) is 5.56 Å². The maximum Gasteiger partial charge on any atom is 0.276 e. The van der Waals surface area contributed by atoms with Crippen LogP contribution in [0.15, 0.2) is 35.3 Å². The molecular weight excluding hydrogens is 305 g/mol. The first-order valence-electron chi connectivity index (χ1n) is 7.16. The SMILES string of the molecule is O=c1c(Cc2cc(F)cc(Cl)c2)c(C2CC2)nc2cc[nH]n12. The molecule has 1 fully saturated rings. The van der Waals surface area contributed by atoms with Crippen molar-refractivity contribution in [1.82, 2.24) is 14.6 Å². The van der Waals surface area contributed by atoms with Crippen LogP contribution in [-0.4, -0.2) is 14.6 Å². The summed E-state index contributed by atoms with van der Waals surface area (Å²) in [6.07, 6.45) is 4.11. The van der Waals surface area contributed by atoms with Crippen molar-refractivity contribution in [3.63, 3.8) is 0 Å². The Morgan fingerprint density at radius 3 is 2.91 bits per heavy atom. The van der Waals surface area contributed by atoms with E-state index in [2.05, 4.69) is 10.1 Å². The molecule has 4 rings (SSSR count). The smallest absolute Gasteiger partial charge is 0.276 e. The molecule has 0 aliphatic heterocycles. The number of nitrogens with one attached hydrogen (secondary N) is 1. The predicted octanol–water partition coefficient (Wildman–Crippen LogP) is 3.28. The van der Waals surface area contributed by atoms with Gasteiger partial charge in [-0.15, -0.1) is 0 Å². The van der Waals surface area contributed by atoms with Gasteiger partial charge >= 0.3 is 0 Å². The zero-order valence-electron chi connectivity index (χ0n) is 11.6. The highest BCUT2D eigenvalue weighted by molar-refractivity contribution is 6.30. The lowest BCUT2D eigenvalue weighted by Crippen LogP contribution is -2.23. The summed E-state index contributed by atoms with van der Waals surface area (Å²) in [5.41, 5.74) is 2.62. The molecular formula is C16H13ClFN3O. The van der Waals surface area contributed by atoms with Crippen LogP contribution in [-0.2, 0) is 6.42 Å². The zero-order valence-corrected chi connectivity index (χ0v) is 12.4. The fourth-order valence-corrected chi connectivity index (χ4v) is 3.03. The highest BCUT2D eigenvalue weighted by Gasteiger charge is 2.30. The fraction of sp³-hybridized carbons (Fsp3) is 0.250. The topological polar surface area (TPSA) is 50.2 Å². The van der Waals surface area contributed by atoms with E-state index in [9.17, 15) is 9.18 Å². The normalized spacial score (nSPS) is 14.6. The summed E-state index contributed by atoms with van der Waals surface area (Å²) >= 11 is 5.90. The Hall–Kier alpha value is -2.14. The van der Waals surface area contributed by atoms with Crippen LogP contribution in [0.5, 0.6) is 0 Å². The number of hydrogen-bond donors (Lipinski definition) is 1. The molecule has 0 saturated heterocycles. The first kappa shape index (κ1) is 13.5. The molecule has 4 nitrogen and oxygen atoms in total. The fourth-order valence-electron chi connectivity index (χ4n) is 2.79. The predicted molar refractivity (Wildman–Crippen MR) is 82.0 cm³/mol. The van der Waals surface area contributed by atoms with Crippen LogP contribution in [0.4, 0.5) is 4.39 Å². The van der Waals surface area contributed by atoms with E-state index in [0.29, 0.717) is 34.1 Å². The third-order valence-corrected chi connectivity index (χ3v) is 4.16. The van der Waals surface area contributed by atoms with Gasteiger partial charge in [-0.1, -0.05) is 11.6 Å². The summed E-state index contributed by atoms with van der Waals surface area (Å²) in [7, 11) is 0. The molecule has 0 spiro atoms. The number of aromatic nitrogens is 3. The quantitative estimate of drug-likeness (QED) is 0.806. The molecule has 3 aromatic rings. The van der Waals surface area contributed by atoms with E-state index in [1.54, 1.807) is 18.3 Å². The molecule has 1 saturated carbocycles. The van der Waals surface area contributed by atoms with Gasteiger partial charge in [0.2, 0.25) is 0 Å². The Morgan fingerprint density at radius 2 is 2.18 bits per heavy atom. The van der Waals surface area contributed by atoms with Gasteiger partial charge in [0.05, 0.1) is 5.69 Å². The van der Waals surface area contributed by atoms with Crippen molar-refractivity contribution < 1.29 is 4.39 Å². The van der Waals surface area contributed by atoms with E-state index in [-0.39, 0.29) is 5.56 Å². The second-order valence-electron chi connectivity index (χ2n) is 5.67. The lowest BCUT2D eigenvalue weighted by molar-refractivity contribution is 0.626. The number of halogens is 2. The van der Waals surface area contributed by atoms with Crippen molar-refractivity contribution in [2.45, 2.75) is 25.2 Å². The minimum Gasteiger partial charge on any atom is -0.297 e. The molecule has 6 heteroatoms. The van der Waals surface area contributed by atoms with E-state index in [4.69, 9.17) is 11.6 Å². The summed E-state index contributed by atoms with van der Waals surface area (Å²) in [5.74, 6) is -0.0592. The van der Waals surface area contributed by atoms with E-state index in [0.717, 1.165) is 18.5 Å². The van der Waals surface area contributed by atoms with Gasteiger partial charge in [-0.25, -0.2) is 13.9 Å². The molecule has 0 radical (unpaired) electrons. The van der Waals surface area contributed by atoms with Crippen LogP contribution in [0.3, 0.4) is 0 Å². The van der Waals surface area contributed by atoms with Crippen molar-refractivity contribution in [3.8, 4) is 0 Å². The monoisotopic (exact) mass is 317 g/mol. The van der Waals surface area contributed by atoms with Gasteiger partial charge in [0.1, 0.15) is 5.82 Å². The number of aromatic amines is 1. The number of benzene rings is 1. The first-order chi connectivity index (χ1) is 10.6. The standard InChI is InChI=1S/C16H13ClFN3O/c17-11-5-9(6-12(18)8-11)7-13-15(10-1-2-10)20-14-3-4-19-21(14)16(13)22/h3-6,8,10,19H,1-2,7H2.